The van der Waals surface area contributed by atoms with Crippen LogP contribution in [0.3, 0.4) is 0 Å². The molecule has 0 saturated carbocycles. The summed E-state index contributed by atoms with van der Waals surface area (Å²) >= 11 is 12.5. The molecule has 8 heteroatoms. The van der Waals surface area contributed by atoms with Gasteiger partial charge in [0.1, 0.15) is 18.5 Å². The number of piperidine rings is 1. The van der Waals surface area contributed by atoms with Crippen LogP contribution in [0.15, 0.2) is 35.3 Å². The highest BCUT2D eigenvalue weighted by molar-refractivity contribution is 6.31. The minimum atomic E-state index is -0.340. The lowest BCUT2D eigenvalue weighted by Gasteiger charge is -2.48. The van der Waals surface area contributed by atoms with Crippen LogP contribution in [0.25, 0.3) is 0 Å². The van der Waals surface area contributed by atoms with Gasteiger partial charge in [0.2, 0.25) is 5.91 Å². The summed E-state index contributed by atoms with van der Waals surface area (Å²) < 4.78 is 0. The molecule has 35 heavy (non-hydrogen) atoms. The van der Waals surface area contributed by atoms with Gasteiger partial charge in [0.25, 0.3) is 0 Å². The Balaban J connectivity index is 0.00000216. The van der Waals surface area contributed by atoms with E-state index >= 15 is 0 Å². The van der Waals surface area contributed by atoms with Gasteiger partial charge in [0.05, 0.1) is 5.38 Å². The van der Waals surface area contributed by atoms with Crippen LogP contribution in [0.5, 0.6) is 0 Å². The van der Waals surface area contributed by atoms with Crippen LogP contribution in [0.4, 0.5) is 5.69 Å². The van der Waals surface area contributed by atoms with Crippen molar-refractivity contribution < 1.29 is 10.3 Å². The van der Waals surface area contributed by atoms with Crippen LogP contribution in [-0.2, 0) is 4.79 Å². The summed E-state index contributed by atoms with van der Waals surface area (Å²) in [7, 11) is 0. The first-order valence-corrected chi connectivity index (χ1v) is 12.9. The van der Waals surface area contributed by atoms with Crippen molar-refractivity contribution in [1.29, 1.82) is 0 Å². The highest BCUT2D eigenvalue weighted by Gasteiger charge is 2.42. The third-order valence-electron chi connectivity index (χ3n) is 7.45. The summed E-state index contributed by atoms with van der Waals surface area (Å²) in [5, 5.41) is 7.57. The average Bonchev–Trinajstić information content (AvgIpc) is 2.77. The van der Waals surface area contributed by atoms with E-state index in [1.807, 2.05) is 18.2 Å². The molecule has 196 valence electrons. The second kappa shape index (κ2) is 12.0. The molecule has 3 unspecified atom stereocenters. The quantitative estimate of drug-likeness (QED) is 0.411. The first kappa shape index (κ1) is 29.5. The maximum atomic E-state index is 13.7. The second-order valence-electron chi connectivity index (χ2n) is 10.7. The topological polar surface area (TPSA) is 88.2 Å². The van der Waals surface area contributed by atoms with Crippen molar-refractivity contribution in [1.82, 2.24) is 10.2 Å². The van der Waals surface area contributed by atoms with Gasteiger partial charge in [-0.3, -0.25) is 4.79 Å². The van der Waals surface area contributed by atoms with Crippen LogP contribution in [-0.4, -0.2) is 53.3 Å². The number of hydrogen-bond donors (Lipinski definition) is 2. The number of likely N-dealkylation sites (tertiary alicyclic amines) is 1. The summed E-state index contributed by atoms with van der Waals surface area (Å²) in [5.74, 6) is 2.13. The molecule has 2 heterocycles. The zero-order valence-electron chi connectivity index (χ0n) is 20.6. The Bertz CT molecular complexity index is 947. The van der Waals surface area contributed by atoms with Gasteiger partial charge in [0.15, 0.2) is 0 Å². The Labute approximate surface area is 220 Å². The van der Waals surface area contributed by atoms with E-state index in [9.17, 15) is 4.79 Å². The molecule has 0 bridgehead atoms. The van der Waals surface area contributed by atoms with Crippen LogP contribution < -0.4 is 10.6 Å². The van der Waals surface area contributed by atoms with Gasteiger partial charge in [-0.05, 0) is 60.6 Å². The fourth-order valence-corrected chi connectivity index (χ4v) is 6.02. The van der Waals surface area contributed by atoms with E-state index in [4.69, 9.17) is 23.2 Å². The lowest BCUT2D eigenvalue weighted by atomic mass is 9.65. The Hall–Kier alpha value is -1.76. The van der Waals surface area contributed by atoms with Gasteiger partial charge in [-0.1, -0.05) is 58.9 Å². The van der Waals surface area contributed by atoms with E-state index in [0.29, 0.717) is 23.5 Å². The molecule has 4 N–H and O–H groups in total. The Morgan fingerprint density at radius 1 is 1.23 bits per heavy atom. The fraction of sp³-hybridized carbons (Fsp3) is 0.630. The monoisotopic (exact) mass is 524 g/mol. The minimum Gasteiger partial charge on any atom is -0.412 e. The number of fused-ring (bicyclic) bond motifs is 1. The van der Waals surface area contributed by atoms with Gasteiger partial charge in [-0.15, -0.1) is 11.6 Å². The molecule has 3 aliphatic rings. The lowest BCUT2D eigenvalue weighted by molar-refractivity contribution is -0.139. The van der Waals surface area contributed by atoms with E-state index in [2.05, 4.69) is 60.4 Å². The van der Waals surface area contributed by atoms with E-state index in [1.54, 1.807) is 0 Å². The van der Waals surface area contributed by atoms with Crippen molar-refractivity contribution in [3.05, 3.63) is 40.9 Å². The third-order valence-corrected chi connectivity index (χ3v) is 8.05. The molecule has 1 aliphatic carbocycles. The number of hydrogen-bond acceptors (Lipinski definition) is 4. The number of nitrogens with zero attached hydrogens (tertiary/aromatic N) is 2. The van der Waals surface area contributed by atoms with Gasteiger partial charge in [-0.2, -0.15) is 0 Å². The lowest BCUT2D eigenvalue weighted by Crippen LogP contribution is -2.57. The number of rotatable bonds is 4. The van der Waals surface area contributed by atoms with Gasteiger partial charge in [-0.25, -0.2) is 4.99 Å². The molecule has 0 radical (unpaired) electrons. The first-order chi connectivity index (χ1) is 15.7. The number of allylic oxidation sites excluding steroid dienone is 2. The molecule has 1 fully saturated rings. The third kappa shape index (κ3) is 6.52. The number of amidine groups is 1. The van der Waals surface area contributed by atoms with Crippen molar-refractivity contribution in [3.8, 4) is 0 Å². The van der Waals surface area contributed by atoms with Gasteiger partial charge >= 0.3 is 0 Å². The minimum absolute atomic E-state index is 0. The van der Waals surface area contributed by atoms with Crippen LogP contribution >= 0.6 is 23.2 Å². The number of carbonyl (C=O) groups is 1. The largest absolute Gasteiger partial charge is 0.412 e. The number of carbonyl (C=O) groups excluding carboxylic acids is 1. The molecule has 1 aromatic rings. The van der Waals surface area contributed by atoms with Crippen LogP contribution in [0.1, 0.15) is 59.9 Å². The first-order valence-electron chi connectivity index (χ1n) is 12.1. The summed E-state index contributed by atoms with van der Waals surface area (Å²) in [5.41, 5.74) is 1.94. The molecule has 1 saturated heterocycles. The number of aliphatic imine (C=N–C) groups is 1. The number of alkyl halides is 1. The number of benzene rings is 1. The smallest absolute Gasteiger partial charge is 0.245 e. The van der Waals surface area contributed by atoms with Gasteiger partial charge in [0, 0.05) is 29.4 Å². The fourth-order valence-electron chi connectivity index (χ4n) is 5.63. The maximum Gasteiger partial charge on any atom is 0.245 e. The van der Waals surface area contributed by atoms with Crippen molar-refractivity contribution in [2.45, 2.75) is 65.8 Å². The molecular weight excluding hydrogens is 483 g/mol. The summed E-state index contributed by atoms with van der Waals surface area (Å²) in [6, 6.07) is 5.38. The number of nitrogens with one attached hydrogen (secondary N) is 2. The zero-order chi connectivity index (χ0) is 23.8. The second-order valence-corrected chi connectivity index (χ2v) is 11.7. The standard InChI is InChI=1S/C26H36Cl2N4O.CH4.H2O/c1-16(2)23(31-24-20-13-19(28)9-10-22(20)29-15-30-24)25(33)32-12-11-21(26(3,4)14-32)17-5-7-18(27)8-6-17;;/h5,7,9-10,13,16-18,21,23,29H,6,8,11-12,14-15H2,1-4H3,(H,30,31);1H4;1H2/t17?,18?,21?,23-;;/m1../s1. The van der Waals surface area contributed by atoms with Gasteiger partial charge < -0.3 is 21.0 Å². The summed E-state index contributed by atoms with van der Waals surface area (Å²) in [4.78, 5) is 20.4. The predicted octanol–water partition coefficient (Wildman–Crippen LogP) is 5.34. The normalized spacial score (nSPS) is 25.9. The molecule has 4 rings (SSSR count). The van der Waals surface area contributed by atoms with E-state index in [-0.39, 0.29) is 41.6 Å². The van der Waals surface area contributed by atoms with E-state index in [0.717, 1.165) is 49.4 Å². The maximum absolute atomic E-state index is 13.7. The summed E-state index contributed by atoms with van der Waals surface area (Å²) in [6.45, 7) is 10.8. The zero-order valence-corrected chi connectivity index (χ0v) is 22.1. The summed E-state index contributed by atoms with van der Waals surface area (Å²) in [6.07, 6.45) is 7.68. The predicted molar refractivity (Wildman–Crippen MR) is 149 cm³/mol. The highest BCUT2D eigenvalue weighted by Crippen LogP contribution is 2.43. The molecule has 0 spiro atoms. The van der Waals surface area contributed by atoms with Crippen molar-refractivity contribution in [2.24, 2.45) is 28.2 Å². The van der Waals surface area contributed by atoms with Crippen LogP contribution in [0, 0.1) is 23.2 Å². The molecule has 1 aromatic carbocycles. The van der Waals surface area contributed by atoms with E-state index < -0.39 is 0 Å². The molecule has 1 amide bonds. The number of anilines is 1. The molecule has 2 aliphatic heterocycles. The molecule has 6 nitrogen and oxygen atoms in total. The molecule has 0 aromatic heterocycles. The Morgan fingerprint density at radius 2 is 1.97 bits per heavy atom. The van der Waals surface area contributed by atoms with Crippen molar-refractivity contribution >= 4 is 40.6 Å². The molecular formula is C27H42Cl2N4O2. The number of halogens is 2. The van der Waals surface area contributed by atoms with Crippen molar-refractivity contribution in [3.63, 3.8) is 0 Å². The SMILES string of the molecule is C.CC(C)[C@@H](NC1=NCNc2ccc(Cl)cc21)C(=O)N1CCC(C2C=CC(Cl)CC2)C(C)(C)C1.O. The average molecular weight is 526 g/mol. The van der Waals surface area contributed by atoms with Crippen LogP contribution in [0.2, 0.25) is 5.02 Å². The Morgan fingerprint density at radius 3 is 2.60 bits per heavy atom. The van der Waals surface area contributed by atoms with Crippen molar-refractivity contribution in [2.75, 3.05) is 25.1 Å². The Kier molecular flexibility index (Phi) is 10.1. The molecule has 4 atom stereocenters. The highest BCUT2D eigenvalue weighted by atomic mass is 35.5. The van der Waals surface area contributed by atoms with E-state index in [1.165, 1.54) is 0 Å². The number of amides is 1.